The third-order valence-corrected chi connectivity index (χ3v) is 3.15. The largest absolute Gasteiger partial charge is 0.329 e. The fourth-order valence-corrected chi connectivity index (χ4v) is 2.10. The van der Waals surface area contributed by atoms with Crippen LogP contribution in [-0.4, -0.2) is 30.6 Å². The Bertz CT molecular complexity index is 121. The fraction of sp³-hybridized carbons (Fsp3) is 1.00. The van der Waals surface area contributed by atoms with Crippen LogP contribution in [0.3, 0.4) is 0 Å². The summed E-state index contributed by atoms with van der Waals surface area (Å²) in [5.74, 6) is 0.936. The molecule has 2 atom stereocenters. The summed E-state index contributed by atoms with van der Waals surface area (Å²) in [6.07, 6.45) is 3.91. The first-order valence-corrected chi connectivity index (χ1v) is 5.25. The summed E-state index contributed by atoms with van der Waals surface area (Å²) in [7, 11) is 0. The van der Waals surface area contributed by atoms with E-state index in [1.165, 1.54) is 32.4 Å². The molecule has 0 radical (unpaired) electrons. The highest BCUT2D eigenvalue weighted by Crippen LogP contribution is 2.21. The molecule has 0 aromatic rings. The van der Waals surface area contributed by atoms with Gasteiger partial charge in [-0.3, -0.25) is 4.90 Å². The minimum atomic E-state index is 0.640. The Morgan fingerprint density at radius 2 is 2.25 bits per heavy atom. The maximum absolute atomic E-state index is 5.71. The van der Waals surface area contributed by atoms with Gasteiger partial charge in [-0.2, -0.15) is 0 Å². The monoisotopic (exact) mass is 170 g/mol. The second-order valence-electron chi connectivity index (χ2n) is 3.86. The Morgan fingerprint density at radius 1 is 1.50 bits per heavy atom. The average molecular weight is 170 g/mol. The van der Waals surface area contributed by atoms with Crippen LogP contribution in [0, 0.1) is 5.92 Å². The molecule has 1 heterocycles. The summed E-state index contributed by atoms with van der Waals surface area (Å²) >= 11 is 0. The van der Waals surface area contributed by atoms with Crippen molar-refractivity contribution in [1.29, 1.82) is 0 Å². The van der Waals surface area contributed by atoms with Crippen molar-refractivity contribution in [2.45, 2.75) is 39.2 Å². The molecule has 0 bridgehead atoms. The maximum atomic E-state index is 5.71. The predicted octanol–water partition coefficient (Wildman–Crippen LogP) is 1.46. The van der Waals surface area contributed by atoms with Crippen LogP contribution < -0.4 is 5.73 Å². The zero-order valence-corrected chi connectivity index (χ0v) is 8.42. The lowest BCUT2D eigenvalue weighted by Gasteiger charge is -2.25. The first-order valence-electron chi connectivity index (χ1n) is 5.25. The molecule has 0 aromatic carbocycles. The molecule has 1 rings (SSSR count). The molecular formula is C10H22N2. The number of hydrogen-bond acceptors (Lipinski definition) is 2. The summed E-state index contributed by atoms with van der Waals surface area (Å²) in [5.41, 5.74) is 5.71. The molecule has 1 aliphatic rings. The molecule has 0 amide bonds. The molecule has 2 unspecified atom stereocenters. The summed E-state index contributed by atoms with van der Waals surface area (Å²) in [6.45, 7) is 7.90. The van der Waals surface area contributed by atoms with Gasteiger partial charge in [0.1, 0.15) is 0 Å². The van der Waals surface area contributed by atoms with Crippen molar-refractivity contribution in [3.05, 3.63) is 0 Å². The standard InChI is InChI=1S/C10H22N2/c1-3-9-5-6-12(8-9)10(4-2)7-11/h9-10H,3-8,11H2,1-2H3. The molecule has 2 heteroatoms. The van der Waals surface area contributed by atoms with Crippen molar-refractivity contribution in [3.63, 3.8) is 0 Å². The highest BCUT2D eigenvalue weighted by atomic mass is 15.2. The Hall–Kier alpha value is -0.0800. The molecule has 1 fully saturated rings. The maximum Gasteiger partial charge on any atom is 0.0215 e. The van der Waals surface area contributed by atoms with Gasteiger partial charge in [0, 0.05) is 19.1 Å². The van der Waals surface area contributed by atoms with Gasteiger partial charge >= 0.3 is 0 Å². The van der Waals surface area contributed by atoms with Crippen molar-refractivity contribution < 1.29 is 0 Å². The van der Waals surface area contributed by atoms with Crippen LogP contribution in [-0.2, 0) is 0 Å². The molecule has 1 saturated heterocycles. The lowest BCUT2D eigenvalue weighted by Crippen LogP contribution is -2.38. The minimum Gasteiger partial charge on any atom is -0.329 e. The molecule has 0 aliphatic carbocycles. The van der Waals surface area contributed by atoms with Gasteiger partial charge in [-0.1, -0.05) is 20.3 Å². The van der Waals surface area contributed by atoms with Gasteiger partial charge < -0.3 is 5.73 Å². The van der Waals surface area contributed by atoms with Crippen molar-refractivity contribution in [1.82, 2.24) is 4.90 Å². The molecular weight excluding hydrogens is 148 g/mol. The van der Waals surface area contributed by atoms with Crippen molar-refractivity contribution >= 4 is 0 Å². The first kappa shape index (κ1) is 10.0. The number of nitrogens with zero attached hydrogens (tertiary/aromatic N) is 1. The van der Waals surface area contributed by atoms with Crippen LogP contribution in [0.4, 0.5) is 0 Å². The Labute approximate surface area is 76.1 Å². The topological polar surface area (TPSA) is 29.3 Å². The van der Waals surface area contributed by atoms with Gasteiger partial charge in [0.2, 0.25) is 0 Å². The van der Waals surface area contributed by atoms with Gasteiger partial charge in [-0.05, 0) is 25.3 Å². The Balaban J connectivity index is 2.34. The van der Waals surface area contributed by atoms with E-state index in [9.17, 15) is 0 Å². The van der Waals surface area contributed by atoms with Crippen LogP contribution in [0.15, 0.2) is 0 Å². The van der Waals surface area contributed by atoms with E-state index in [2.05, 4.69) is 18.7 Å². The van der Waals surface area contributed by atoms with Crippen molar-refractivity contribution in [2.75, 3.05) is 19.6 Å². The van der Waals surface area contributed by atoms with Crippen LogP contribution in [0.5, 0.6) is 0 Å². The molecule has 0 spiro atoms. The SMILES string of the molecule is CCC1CCN(C(CC)CN)C1. The first-order chi connectivity index (χ1) is 5.81. The van der Waals surface area contributed by atoms with E-state index in [1.54, 1.807) is 0 Å². The second-order valence-corrected chi connectivity index (χ2v) is 3.86. The smallest absolute Gasteiger partial charge is 0.0215 e. The number of nitrogens with two attached hydrogens (primary N) is 1. The van der Waals surface area contributed by atoms with E-state index < -0.39 is 0 Å². The molecule has 2 nitrogen and oxygen atoms in total. The number of rotatable bonds is 4. The number of likely N-dealkylation sites (tertiary alicyclic amines) is 1. The molecule has 2 N–H and O–H groups in total. The molecule has 0 saturated carbocycles. The van der Waals surface area contributed by atoms with E-state index in [4.69, 9.17) is 5.73 Å². The minimum absolute atomic E-state index is 0.640. The van der Waals surface area contributed by atoms with Crippen LogP contribution in [0.25, 0.3) is 0 Å². The number of hydrogen-bond donors (Lipinski definition) is 1. The summed E-state index contributed by atoms with van der Waals surface area (Å²) in [5, 5.41) is 0. The highest BCUT2D eigenvalue weighted by Gasteiger charge is 2.25. The van der Waals surface area contributed by atoms with E-state index in [1.807, 2.05) is 0 Å². The van der Waals surface area contributed by atoms with Crippen LogP contribution >= 0.6 is 0 Å². The van der Waals surface area contributed by atoms with Gasteiger partial charge in [-0.25, -0.2) is 0 Å². The molecule has 12 heavy (non-hydrogen) atoms. The third kappa shape index (κ3) is 2.20. The average Bonchev–Trinajstić information content (AvgIpc) is 2.55. The van der Waals surface area contributed by atoms with E-state index in [0.717, 1.165) is 12.5 Å². The molecule has 72 valence electrons. The van der Waals surface area contributed by atoms with Gasteiger partial charge in [-0.15, -0.1) is 0 Å². The summed E-state index contributed by atoms with van der Waals surface area (Å²) in [6, 6.07) is 0.640. The van der Waals surface area contributed by atoms with E-state index in [0.29, 0.717) is 6.04 Å². The lowest BCUT2D eigenvalue weighted by molar-refractivity contribution is 0.232. The summed E-state index contributed by atoms with van der Waals surface area (Å²) in [4.78, 5) is 2.56. The zero-order valence-electron chi connectivity index (χ0n) is 8.42. The Kier molecular flexibility index (Phi) is 4.02. The van der Waals surface area contributed by atoms with Crippen LogP contribution in [0.1, 0.15) is 33.1 Å². The quantitative estimate of drug-likeness (QED) is 0.692. The van der Waals surface area contributed by atoms with Crippen molar-refractivity contribution in [3.8, 4) is 0 Å². The fourth-order valence-electron chi connectivity index (χ4n) is 2.10. The zero-order chi connectivity index (χ0) is 8.97. The predicted molar refractivity (Wildman–Crippen MR) is 53.1 cm³/mol. The third-order valence-electron chi connectivity index (χ3n) is 3.15. The van der Waals surface area contributed by atoms with Gasteiger partial charge in [0.15, 0.2) is 0 Å². The highest BCUT2D eigenvalue weighted by molar-refractivity contribution is 4.80. The molecule has 0 aromatic heterocycles. The van der Waals surface area contributed by atoms with Gasteiger partial charge in [0.05, 0.1) is 0 Å². The molecule has 1 aliphatic heterocycles. The normalized spacial score (nSPS) is 27.8. The van der Waals surface area contributed by atoms with Crippen molar-refractivity contribution in [2.24, 2.45) is 11.7 Å². The Morgan fingerprint density at radius 3 is 2.67 bits per heavy atom. The van der Waals surface area contributed by atoms with E-state index in [-0.39, 0.29) is 0 Å². The van der Waals surface area contributed by atoms with Crippen LogP contribution in [0.2, 0.25) is 0 Å². The lowest BCUT2D eigenvalue weighted by atomic mass is 10.1. The van der Waals surface area contributed by atoms with E-state index >= 15 is 0 Å². The summed E-state index contributed by atoms with van der Waals surface area (Å²) < 4.78 is 0. The van der Waals surface area contributed by atoms with Gasteiger partial charge in [0.25, 0.3) is 0 Å². The second kappa shape index (κ2) is 4.83.